The summed E-state index contributed by atoms with van der Waals surface area (Å²) in [6, 6.07) is 19.3. The monoisotopic (exact) mass is 445 g/mol. The number of amides is 1. The smallest absolute Gasteiger partial charge is 0.292 e. The van der Waals surface area contributed by atoms with Gasteiger partial charge in [0, 0.05) is 17.3 Å². The molecule has 2 aromatic carbocycles. The predicted molar refractivity (Wildman–Crippen MR) is 124 cm³/mol. The number of aromatic nitrogens is 2. The van der Waals surface area contributed by atoms with E-state index < -0.39 is 5.91 Å². The molecule has 4 aromatic rings. The standard InChI is InChI=1S/C26H24FN3O3/c1-3-8-19-9-5-7-12-23(19)32-17-21-13-14-24(33-21)26(31)28-25-15-18(2)30(29-25)16-20-10-4-6-11-22(20)27/h3-7,9-15H,1,8,16-17H2,2H3,(H,28,29,31). The molecule has 0 fully saturated rings. The number of para-hydroxylation sites is 1. The highest BCUT2D eigenvalue weighted by Gasteiger charge is 2.15. The van der Waals surface area contributed by atoms with Gasteiger partial charge in [0.05, 0.1) is 6.54 Å². The third-order valence-corrected chi connectivity index (χ3v) is 5.09. The van der Waals surface area contributed by atoms with Gasteiger partial charge >= 0.3 is 0 Å². The highest BCUT2D eigenvalue weighted by atomic mass is 19.1. The lowest BCUT2D eigenvalue weighted by molar-refractivity contribution is 0.0992. The number of hydrogen-bond acceptors (Lipinski definition) is 4. The fourth-order valence-corrected chi connectivity index (χ4v) is 3.39. The van der Waals surface area contributed by atoms with Gasteiger partial charge in [-0.25, -0.2) is 4.39 Å². The zero-order chi connectivity index (χ0) is 23.2. The lowest BCUT2D eigenvalue weighted by Gasteiger charge is -2.08. The highest BCUT2D eigenvalue weighted by molar-refractivity contribution is 6.01. The van der Waals surface area contributed by atoms with Gasteiger partial charge in [-0.2, -0.15) is 5.10 Å². The van der Waals surface area contributed by atoms with Gasteiger partial charge in [0.2, 0.25) is 0 Å². The first kappa shape index (κ1) is 22.1. The number of nitrogens with one attached hydrogen (secondary N) is 1. The van der Waals surface area contributed by atoms with E-state index in [1.54, 1.807) is 41.1 Å². The van der Waals surface area contributed by atoms with Crippen molar-refractivity contribution < 1.29 is 18.3 Å². The molecule has 168 valence electrons. The summed E-state index contributed by atoms with van der Waals surface area (Å²) in [4.78, 5) is 12.6. The molecule has 0 aliphatic carbocycles. The van der Waals surface area contributed by atoms with E-state index in [2.05, 4.69) is 17.0 Å². The number of carbonyl (C=O) groups excluding carboxylic acids is 1. The van der Waals surface area contributed by atoms with Gasteiger partial charge in [-0.1, -0.05) is 42.5 Å². The molecule has 6 nitrogen and oxygen atoms in total. The Morgan fingerprint density at radius 2 is 1.91 bits per heavy atom. The van der Waals surface area contributed by atoms with E-state index in [9.17, 15) is 9.18 Å². The molecule has 0 saturated heterocycles. The van der Waals surface area contributed by atoms with E-state index in [1.165, 1.54) is 6.07 Å². The Bertz CT molecular complexity index is 1280. The van der Waals surface area contributed by atoms with E-state index in [1.807, 2.05) is 37.3 Å². The van der Waals surface area contributed by atoms with E-state index in [4.69, 9.17) is 9.15 Å². The summed E-state index contributed by atoms with van der Waals surface area (Å²) in [6.07, 6.45) is 2.52. The Morgan fingerprint density at radius 3 is 2.70 bits per heavy atom. The van der Waals surface area contributed by atoms with Crippen molar-refractivity contribution in [3.8, 4) is 5.75 Å². The molecule has 2 heterocycles. The number of rotatable bonds is 9. The maximum absolute atomic E-state index is 13.9. The second-order valence-corrected chi connectivity index (χ2v) is 7.53. The van der Waals surface area contributed by atoms with E-state index >= 15 is 0 Å². The molecule has 4 rings (SSSR count). The van der Waals surface area contributed by atoms with Crippen LogP contribution in [0.5, 0.6) is 5.75 Å². The Balaban J connectivity index is 1.38. The van der Waals surface area contributed by atoms with Gasteiger partial charge in [0.1, 0.15) is 23.9 Å². The molecule has 1 N–H and O–H groups in total. The number of furan rings is 1. The molecule has 0 radical (unpaired) electrons. The molecule has 0 aliphatic heterocycles. The van der Waals surface area contributed by atoms with Crippen LogP contribution in [0.15, 0.2) is 83.8 Å². The van der Waals surface area contributed by atoms with Gasteiger partial charge in [0.15, 0.2) is 11.6 Å². The SMILES string of the molecule is C=CCc1ccccc1OCc1ccc(C(=O)Nc2cc(C)n(Cc3ccccc3F)n2)o1. The van der Waals surface area contributed by atoms with Crippen LogP contribution < -0.4 is 10.1 Å². The van der Waals surface area contributed by atoms with E-state index in [0.717, 1.165) is 17.0 Å². The van der Waals surface area contributed by atoms with Crippen molar-refractivity contribution in [2.45, 2.75) is 26.5 Å². The van der Waals surface area contributed by atoms with Crippen LogP contribution >= 0.6 is 0 Å². The minimum Gasteiger partial charge on any atom is -0.485 e. The van der Waals surface area contributed by atoms with Crippen LogP contribution in [-0.4, -0.2) is 15.7 Å². The van der Waals surface area contributed by atoms with Crippen LogP contribution in [0.2, 0.25) is 0 Å². The largest absolute Gasteiger partial charge is 0.485 e. The van der Waals surface area contributed by atoms with Gasteiger partial charge in [0.25, 0.3) is 5.91 Å². The van der Waals surface area contributed by atoms with Crippen LogP contribution in [0.25, 0.3) is 0 Å². The Labute approximate surface area is 191 Å². The molecule has 0 bridgehead atoms. The third kappa shape index (κ3) is 5.38. The number of aryl methyl sites for hydroxylation is 1. The molecule has 0 atom stereocenters. The Kier molecular flexibility index (Phi) is 6.69. The average molecular weight is 445 g/mol. The molecule has 33 heavy (non-hydrogen) atoms. The third-order valence-electron chi connectivity index (χ3n) is 5.09. The van der Waals surface area contributed by atoms with Crippen LogP contribution in [0.4, 0.5) is 10.2 Å². The van der Waals surface area contributed by atoms with Crippen molar-refractivity contribution in [3.63, 3.8) is 0 Å². The predicted octanol–water partition coefficient (Wildman–Crippen LogP) is 5.53. The number of halogens is 1. The number of allylic oxidation sites excluding steroid dienone is 1. The summed E-state index contributed by atoms with van der Waals surface area (Å²) < 4.78 is 27.1. The highest BCUT2D eigenvalue weighted by Crippen LogP contribution is 2.21. The van der Waals surface area contributed by atoms with Gasteiger partial charge in [-0.3, -0.25) is 9.48 Å². The van der Waals surface area contributed by atoms with Crippen molar-refractivity contribution in [1.29, 1.82) is 0 Å². The molecule has 0 unspecified atom stereocenters. The zero-order valence-corrected chi connectivity index (χ0v) is 18.3. The topological polar surface area (TPSA) is 69.3 Å². The van der Waals surface area contributed by atoms with Crippen molar-refractivity contribution in [2.24, 2.45) is 0 Å². The molecular weight excluding hydrogens is 421 g/mol. The normalized spacial score (nSPS) is 10.7. The number of benzene rings is 2. The summed E-state index contributed by atoms with van der Waals surface area (Å²) >= 11 is 0. The summed E-state index contributed by atoms with van der Waals surface area (Å²) in [5.74, 6) is 1.06. The lowest BCUT2D eigenvalue weighted by Crippen LogP contribution is -2.12. The summed E-state index contributed by atoms with van der Waals surface area (Å²) in [5.41, 5.74) is 2.34. The maximum Gasteiger partial charge on any atom is 0.292 e. The molecule has 0 saturated carbocycles. The first-order valence-electron chi connectivity index (χ1n) is 10.5. The van der Waals surface area contributed by atoms with Crippen LogP contribution in [0.1, 0.15) is 33.1 Å². The number of hydrogen-bond donors (Lipinski definition) is 1. The second-order valence-electron chi connectivity index (χ2n) is 7.53. The lowest BCUT2D eigenvalue weighted by atomic mass is 10.1. The number of carbonyl (C=O) groups is 1. The first-order valence-corrected chi connectivity index (χ1v) is 10.5. The maximum atomic E-state index is 13.9. The molecule has 7 heteroatoms. The second kappa shape index (κ2) is 9.99. The van der Waals surface area contributed by atoms with Crippen molar-refractivity contribution in [3.05, 3.63) is 114 Å². The quantitative estimate of drug-likeness (QED) is 0.344. The Hall–Kier alpha value is -4.13. The van der Waals surface area contributed by atoms with E-state index in [0.29, 0.717) is 23.6 Å². The van der Waals surface area contributed by atoms with Crippen LogP contribution in [0, 0.1) is 12.7 Å². The zero-order valence-electron chi connectivity index (χ0n) is 18.3. The molecule has 2 aromatic heterocycles. The molecule has 1 amide bonds. The molecule has 0 spiro atoms. The molecule has 0 aliphatic rings. The Morgan fingerprint density at radius 1 is 1.15 bits per heavy atom. The summed E-state index contributed by atoms with van der Waals surface area (Å²) in [6.45, 7) is 6.07. The number of anilines is 1. The van der Waals surface area contributed by atoms with Crippen LogP contribution in [-0.2, 0) is 19.6 Å². The van der Waals surface area contributed by atoms with E-state index in [-0.39, 0.29) is 24.7 Å². The van der Waals surface area contributed by atoms with Crippen molar-refractivity contribution in [1.82, 2.24) is 9.78 Å². The van der Waals surface area contributed by atoms with Gasteiger partial charge < -0.3 is 14.5 Å². The van der Waals surface area contributed by atoms with Crippen molar-refractivity contribution in [2.75, 3.05) is 5.32 Å². The average Bonchev–Trinajstić information content (AvgIpc) is 3.41. The minimum atomic E-state index is -0.427. The van der Waals surface area contributed by atoms with Gasteiger partial charge in [-0.05, 0) is 43.2 Å². The van der Waals surface area contributed by atoms with Crippen LogP contribution in [0.3, 0.4) is 0 Å². The molecular formula is C26H24FN3O3. The summed E-state index contributed by atoms with van der Waals surface area (Å²) in [7, 11) is 0. The fourth-order valence-electron chi connectivity index (χ4n) is 3.39. The number of nitrogens with zero attached hydrogens (tertiary/aromatic N) is 2. The van der Waals surface area contributed by atoms with Crippen molar-refractivity contribution >= 4 is 11.7 Å². The van der Waals surface area contributed by atoms with Gasteiger partial charge in [-0.15, -0.1) is 6.58 Å². The summed E-state index contributed by atoms with van der Waals surface area (Å²) in [5, 5.41) is 7.09. The minimum absolute atomic E-state index is 0.147. The first-order chi connectivity index (χ1) is 16.0. The fraction of sp³-hybridized carbons (Fsp3) is 0.154. The number of ether oxygens (including phenoxy) is 1.